The molecule has 20 heavy (non-hydrogen) atoms. The van der Waals surface area contributed by atoms with Crippen molar-refractivity contribution in [3.05, 3.63) is 35.0 Å². The average Bonchev–Trinajstić information content (AvgIpc) is 2.62. The number of aromatic nitrogens is 4. The fraction of sp³-hybridized carbons (Fsp3) is 0.429. The zero-order chi connectivity index (χ0) is 14.3. The second-order valence-corrected chi connectivity index (χ2v) is 5.12. The Morgan fingerprint density at radius 3 is 2.55 bits per heavy atom. The van der Waals surface area contributed by atoms with Crippen molar-refractivity contribution in [2.24, 2.45) is 0 Å². The van der Waals surface area contributed by atoms with Gasteiger partial charge < -0.3 is 4.90 Å². The van der Waals surface area contributed by atoms with E-state index in [9.17, 15) is 4.79 Å². The summed E-state index contributed by atoms with van der Waals surface area (Å²) >= 11 is 0. The number of amides is 1. The largest absolute Gasteiger partial charge is 0.338 e. The van der Waals surface area contributed by atoms with E-state index >= 15 is 0 Å². The molecule has 6 nitrogen and oxygen atoms in total. The lowest BCUT2D eigenvalue weighted by molar-refractivity contribution is 0.0650. The standard InChI is InChI=1S/C14H17N5O/c1-9-7-12(16-8-15-9)19-11(3)13(10(2)17-19)14(20)18-5-4-6-18/h7-8H,4-6H2,1-3H3. The van der Waals surface area contributed by atoms with Gasteiger partial charge in [0.2, 0.25) is 0 Å². The number of hydrogen-bond donors (Lipinski definition) is 0. The van der Waals surface area contributed by atoms with E-state index in [-0.39, 0.29) is 5.91 Å². The van der Waals surface area contributed by atoms with E-state index in [1.165, 1.54) is 6.33 Å². The highest BCUT2D eigenvalue weighted by atomic mass is 16.2. The smallest absolute Gasteiger partial charge is 0.257 e. The summed E-state index contributed by atoms with van der Waals surface area (Å²) in [5, 5.41) is 4.46. The Bertz CT molecular complexity index is 672. The maximum absolute atomic E-state index is 12.4. The summed E-state index contributed by atoms with van der Waals surface area (Å²) < 4.78 is 1.72. The predicted molar refractivity (Wildman–Crippen MR) is 73.9 cm³/mol. The minimum atomic E-state index is 0.0725. The molecule has 104 valence electrons. The van der Waals surface area contributed by atoms with Gasteiger partial charge in [-0.15, -0.1) is 0 Å². The van der Waals surface area contributed by atoms with Crippen LogP contribution in [-0.4, -0.2) is 43.6 Å². The predicted octanol–water partition coefficient (Wildman–Crippen LogP) is 1.43. The Kier molecular flexibility index (Phi) is 3.00. The van der Waals surface area contributed by atoms with Crippen LogP contribution in [0.25, 0.3) is 5.82 Å². The van der Waals surface area contributed by atoms with Crippen molar-refractivity contribution in [1.29, 1.82) is 0 Å². The molecule has 1 aliphatic rings. The number of carbonyl (C=O) groups is 1. The van der Waals surface area contributed by atoms with Crippen LogP contribution in [0.5, 0.6) is 0 Å². The fourth-order valence-electron chi connectivity index (χ4n) is 2.41. The van der Waals surface area contributed by atoms with Crippen LogP contribution in [0.4, 0.5) is 0 Å². The van der Waals surface area contributed by atoms with Gasteiger partial charge in [0, 0.05) is 24.8 Å². The number of rotatable bonds is 2. The number of aryl methyl sites for hydroxylation is 2. The first kappa shape index (κ1) is 12.8. The van der Waals surface area contributed by atoms with E-state index < -0.39 is 0 Å². The van der Waals surface area contributed by atoms with Crippen molar-refractivity contribution in [1.82, 2.24) is 24.6 Å². The second kappa shape index (κ2) is 4.70. The summed E-state index contributed by atoms with van der Waals surface area (Å²) in [4.78, 5) is 22.6. The third-order valence-corrected chi connectivity index (χ3v) is 3.65. The summed E-state index contributed by atoms with van der Waals surface area (Å²) in [6, 6.07) is 1.86. The average molecular weight is 271 g/mol. The quantitative estimate of drug-likeness (QED) is 0.829. The monoisotopic (exact) mass is 271 g/mol. The van der Waals surface area contributed by atoms with Gasteiger partial charge in [0.05, 0.1) is 17.0 Å². The number of nitrogens with zero attached hydrogens (tertiary/aromatic N) is 5. The van der Waals surface area contributed by atoms with Gasteiger partial charge in [-0.05, 0) is 27.2 Å². The maximum atomic E-state index is 12.4. The molecule has 1 fully saturated rings. The zero-order valence-corrected chi connectivity index (χ0v) is 11.9. The molecule has 1 amide bonds. The molecule has 0 N–H and O–H groups in total. The van der Waals surface area contributed by atoms with Crippen LogP contribution in [0.1, 0.15) is 33.9 Å². The molecule has 0 atom stereocenters. The van der Waals surface area contributed by atoms with Crippen molar-refractivity contribution in [2.75, 3.05) is 13.1 Å². The molecule has 1 aliphatic heterocycles. The molecule has 0 spiro atoms. The third-order valence-electron chi connectivity index (χ3n) is 3.65. The van der Waals surface area contributed by atoms with Crippen molar-refractivity contribution >= 4 is 5.91 Å². The molecule has 3 rings (SSSR count). The lowest BCUT2D eigenvalue weighted by Crippen LogP contribution is -2.42. The van der Waals surface area contributed by atoms with E-state index in [1.54, 1.807) is 4.68 Å². The Hall–Kier alpha value is -2.24. The third kappa shape index (κ3) is 1.97. The Balaban J connectivity index is 2.04. The summed E-state index contributed by atoms with van der Waals surface area (Å²) in [5.41, 5.74) is 3.15. The van der Waals surface area contributed by atoms with Gasteiger partial charge in [0.15, 0.2) is 5.82 Å². The Morgan fingerprint density at radius 1 is 1.20 bits per heavy atom. The molecule has 0 unspecified atom stereocenters. The van der Waals surface area contributed by atoms with E-state index in [2.05, 4.69) is 15.1 Å². The van der Waals surface area contributed by atoms with Crippen LogP contribution in [0.15, 0.2) is 12.4 Å². The first-order chi connectivity index (χ1) is 9.58. The molecule has 6 heteroatoms. The Labute approximate surface area is 117 Å². The highest BCUT2D eigenvalue weighted by Gasteiger charge is 2.27. The lowest BCUT2D eigenvalue weighted by Gasteiger charge is -2.30. The molecule has 2 aromatic rings. The van der Waals surface area contributed by atoms with Gasteiger partial charge in [-0.25, -0.2) is 14.6 Å². The highest BCUT2D eigenvalue weighted by Crippen LogP contribution is 2.21. The summed E-state index contributed by atoms with van der Waals surface area (Å²) in [6.07, 6.45) is 2.60. The van der Waals surface area contributed by atoms with Crippen LogP contribution in [-0.2, 0) is 0 Å². The molecule has 0 radical (unpaired) electrons. The van der Waals surface area contributed by atoms with E-state index in [4.69, 9.17) is 0 Å². The molecular formula is C14H17N5O. The zero-order valence-electron chi connectivity index (χ0n) is 11.9. The van der Waals surface area contributed by atoms with Crippen molar-refractivity contribution in [2.45, 2.75) is 27.2 Å². The minimum Gasteiger partial charge on any atom is -0.338 e. The maximum Gasteiger partial charge on any atom is 0.257 e. The summed E-state index contributed by atoms with van der Waals surface area (Å²) in [7, 11) is 0. The molecule has 0 saturated carbocycles. The number of likely N-dealkylation sites (tertiary alicyclic amines) is 1. The molecular weight excluding hydrogens is 254 g/mol. The molecule has 1 saturated heterocycles. The van der Waals surface area contributed by atoms with Gasteiger partial charge in [0.25, 0.3) is 5.91 Å². The number of carbonyl (C=O) groups excluding carboxylic acids is 1. The summed E-state index contributed by atoms with van der Waals surface area (Å²) in [6.45, 7) is 7.36. The van der Waals surface area contributed by atoms with Gasteiger partial charge in [-0.1, -0.05) is 0 Å². The number of hydrogen-bond acceptors (Lipinski definition) is 4. The topological polar surface area (TPSA) is 63.9 Å². The normalized spacial score (nSPS) is 14.2. The van der Waals surface area contributed by atoms with Crippen LogP contribution in [0, 0.1) is 20.8 Å². The van der Waals surface area contributed by atoms with Crippen molar-refractivity contribution in [3.8, 4) is 5.82 Å². The van der Waals surface area contributed by atoms with Crippen molar-refractivity contribution in [3.63, 3.8) is 0 Å². The molecule has 0 bridgehead atoms. The van der Waals surface area contributed by atoms with Crippen LogP contribution in [0.2, 0.25) is 0 Å². The highest BCUT2D eigenvalue weighted by molar-refractivity contribution is 5.97. The van der Waals surface area contributed by atoms with E-state index in [0.29, 0.717) is 11.4 Å². The van der Waals surface area contributed by atoms with Gasteiger partial charge in [0.1, 0.15) is 6.33 Å². The van der Waals surface area contributed by atoms with E-state index in [0.717, 1.165) is 36.6 Å². The molecule has 0 aliphatic carbocycles. The molecule has 3 heterocycles. The SMILES string of the molecule is Cc1cc(-n2nc(C)c(C(=O)N3CCC3)c2C)ncn1. The van der Waals surface area contributed by atoms with Gasteiger partial charge >= 0.3 is 0 Å². The van der Waals surface area contributed by atoms with Crippen LogP contribution in [0.3, 0.4) is 0 Å². The van der Waals surface area contributed by atoms with Crippen molar-refractivity contribution < 1.29 is 4.79 Å². The van der Waals surface area contributed by atoms with Gasteiger partial charge in [-0.2, -0.15) is 5.10 Å². The lowest BCUT2D eigenvalue weighted by atomic mass is 10.1. The van der Waals surface area contributed by atoms with Gasteiger partial charge in [-0.3, -0.25) is 4.79 Å². The van der Waals surface area contributed by atoms with Crippen LogP contribution < -0.4 is 0 Å². The first-order valence-corrected chi connectivity index (χ1v) is 6.72. The molecule has 0 aromatic carbocycles. The summed E-state index contributed by atoms with van der Waals surface area (Å²) in [5.74, 6) is 0.768. The second-order valence-electron chi connectivity index (χ2n) is 5.12. The van der Waals surface area contributed by atoms with E-state index in [1.807, 2.05) is 31.7 Å². The first-order valence-electron chi connectivity index (χ1n) is 6.72. The fourth-order valence-corrected chi connectivity index (χ4v) is 2.41. The Morgan fingerprint density at radius 2 is 1.95 bits per heavy atom. The van der Waals surface area contributed by atoms with Crippen LogP contribution >= 0.6 is 0 Å². The molecule has 2 aromatic heterocycles. The minimum absolute atomic E-state index is 0.0725.